The highest BCUT2D eigenvalue weighted by atomic mass is 32.2. The van der Waals surface area contributed by atoms with E-state index in [1.54, 1.807) is 6.92 Å². The summed E-state index contributed by atoms with van der Waals surface area (Å²) >= 11 is 0. The van der Waals surface area contributed by atoms with Crippen molar-refractivity contribution in [1.82, 2.24) is 24.5 Å². The number of imidazole rings is 1. The minimum absolute atomic E-state index is 0.111. The van der Waals surface area contributed by atoms with Crippen LogP contribution in [0.25, 0.3) is 0 Å². The van der Waals surface area contributed by atoms with Crippen LogP contribution in [-0.2, 0) is 10.0 Å². The molecule has 174 valence electrons. The first-order valence-corrected chi connectivity index (χ1v) is 12.5. The van der Waals surface area contributed by atoms with E-state index >= 15 is 0 Å². The zero-order valence-electron chi connectivity index (χ0n) is 18.3. The molecular weight excluding hydrogens is 433 g/mol. The Morgan fingerprint density at radius 3 is 2.53 bits per heavy atom. The van der Waals surface area contributed by atoms with Gasteiger partial charge in [0.1, 0.15) is 5.82 Å². The maximum Gasteiger partial charge on any atom is 0.260 e. The molecule has 2 heterocycles. The van der Waals surface area contributed by atoms with Gasteiger partial charge in [0, 0.05) is 43.8 Å². The average molecular weight is 464 g/mol. The lowest BCUT2D eigenvalue weighted by Gasteiger charge is -2.49. The monoisotopic (exact) mass is 463 g/mol. The normalized spacial score (nSPS) is 20.2. The second-order valence-electron chi connectivity index (χ2n) is 8.73. The number of nitrogens with one attached hydrogen (secondary N) is 2. The quantitative estimate of drug-likeness (QED) is 0.685. The topological polar surface area (TPSA) is 98.4 Å². The summed E-state index contributed by atoms with van der Waals surface area (Å²) in [6.07, 6.45) is 7.95. The molecule has 0 spiro atoms. The fourth-order valence-corrected chi connectivity index (χ4v) is 6.28. The van der Waals surface area contributed by atoms with Gasteiger partial charge >= 0.3 is 0 Å². The molecule has 1 aromatic heterocycles. The number of H-pyrrole nitrogens is 1. The number of carbonyl (C=O) groups is 1. The third-order valence-electron chi connectivity index (χ3n) is 6.80. The van der Waals surface area contributed by atoms with Crippen molar-refractivity contribution >= 4 is 15.9 Å². The summed E-state index contributed by atoms with van der Waals surface area (Å²) in [5.74, 6) is -0.557. The molecule has 10 heteroatoms. The average Bonchev–Trinajstić information content (AvgIpc) is 3.34. The molecule has 4 rings (SSSR count). The van der Waals surface area contributed by atoms with Gasteiger partial charge in [-0.05, 0) is 43.5 Å². The number of nitrogens with zero attached hydrogens (tertiary/aromatic N) is 3. The Labute approximate surface area is 188 Å². The molecule has 0 atom stereocenters. The highest BCUT2D eigenvalue weighted by molar-refractivity contribution is 7.89. The molecule has 1 aliphatic heterocycles. The molecule has 1 amide bonds. The molecule has 2 fully saturated rings. The van der Waals surface area contributed by atoms with Crippen LogP contribution in [0.15, 0.2) is 35.7 Å². The summed E-state index contributed by atoms with van der Waals surface area (Å²) < 4.78 is 40.5. The molecule has 0 radical (unpaired) electrons. The molecule has 2 aliphatic rings. The molecular formula is C22H30FN5O3S. The van der Waals surface area contributed by atoms with E-state index in [0.29, 0.717) is 43.9 Å². The number of hydrogen-bond acceptors (Lipinski definition) is 5. The number of hydrogen-bond donors (Lipinski definition) is 2. The van der Waals surface area contributed by atoms with Crippen LogP contribution in [0.5, 0.6) is 0 Å². The van der Waals surface area contributed by atoms with Crippen molar-refractivity contribution in [3.8, 4) is 0 Å². The van der Waals surface area contributed by atoms with E-state index in [1.165, 1.54) is 41.4 Å². The number of rotatable bonds is 6. The van der Waals surface area contributed by atoms with Gasteiger partial charge in [0.2, 0.25) is 0 Å². The first-order valence-electron chi connectivity index (χ1n) is 11.1. The lowest BCUT2D eigenvalue weighted by Crippen LogP contribution is -2.62. The standard InChI is InChI=1S/C22H30FN5O3S/c1-17-13-18(23)5-6-19(17)21(29)25-15-22(7-3-2-4-8-22)27-9-11-28(12-10-27)32(30,31)20-14-24-16-26-20/h5-6,13-14,16H,2-4,7-12,15H2,1H3,(H,24,26)(H,25,29). The number of aromatic amines is 1. The Morgan fingerprint density at radius 2 is 1.91 bits per heavy atom. The Balaban J connectivity index is 1.44. The van der Waals surface area contributed by atoms with Crippen LogP contribution >= 0.6 is 0 Å². The van der Waals surface area contributed by atoms with Crippen LogP contribution in [0.3, 0.4) is 0 Å². The number of piperazine rings is 1. The van der Waals surface area contributed by atoms with Gasteiger partial charge < -0.3 is 10.3 Å². The second-order valence-corrected chi connectivity index (χ2v) is 10.6. The van der Waals surface area contributed by atoms with Crippen LogP contribution in [0, 0.1) is 12.7 Å². The third-order valence-corrected chi connectivity index (χ3v) is 8.62. The molecule has 32 heavy (non-hydrogen) atoms. The number of aryl methyl sites for hydroxylation is 1. The van der Waals surface area contributed by atoms with Crippen LogP contribution in [0.4, 0.5) is 4.39 Å². The highest BCUT2D eigenvalue weighted by Crippen LogP contribution is 2.34. The van der Waals surface area contributed by atoms with Crippen LogP contribution in [0.1, 0.15) is 48.0 Å². The van der Waals surface area contributed by atoms with E-state index in [4.69, 9.17) is 0 Å². The maximum atomic E-state index is 13.4. The van der Waals surface area contributed by atoms with Crippen LogP contribution in [0.2, 0.25) is 0 Å². The summed E-state index contributed by atoms with van der Waals surface area (Å²) in [6.45, 7) is 4.24. The van der Waals surface area contributed by atoms with Crippen molar-refractivity contribution in [2.45, 2.75) is 49.6 Å². The highest BCUT2D eigenvalue weighted by Gasteiger charge is 2.41. The molecule has 2 N–H and O–H groups in total. The zero-order valence-corrected chi connectivity index (χ0v) is 19.1. The van der Waals surface area contributed by atoms with Crippen molar-refractivity contribution in [1.29, 1.82) is 0 Å². The predicted molar refractivity (Wildman–Crippen MR) is 118 cm³/mol. The van der Waals surface area contributed by atoms with E-state index < -0.39 is 10.0 Å². The fourth-order valence-electron chi connectivity index (χ4n) is 4.96. The van der Waals surface area contributed by atoms with Crippen molar-refractivity contribution < 1.29 is 17.6 Å². The minimum Gasteiger partial charge on any atom is -0.350 e. The lowest BCUT2D eigenvalue weighted by atomic mass is 9.79. The van der Waals surface area contributed by atoms with E-state index in [0.717, 1.165) is 25.7 Å². The minimum atomic E-state index is -3.57. The molecule has 0 bridgehead atoms. The molecule has 1 saturated carbocycles. The number of benzene rings is 1. The summed E-state index contributed by atoms with van der Waals surface area (Å²) in [5, 5.41) is 3.19. The summed E-state index contributed by atoms with van der Waals surface area (Å²) in [5.41, 5.74) is 0.900. The number of carbonyl (C=O) groups excluding carboxylic acids is 1. The first-order chi connectivity index (χ1) is 15.3. The van der Waals surface area contributed by atoms with E-state index in [-0.39, 0.29) is 22.3 Å². The molecule has 1 aliphatic carbocycles. The van der Waals surface area contributed by atoms with Gasteiger partial charge in [-0.1, -0.05) is 19.3 Å². The van der Waals surface area contributed by atoms with Crippen molar-refractivity contribution in [3.63, 3.8) is 0 Å². The molecule has 1 aromatic carbocycles. The smallest absolute Gasteiger partial charge is 0.260 e. The van der Waals surface area contributed by atoms with Gasteiger partial charge in [0.25, 0.3) is 15.9 Å². The third kappa shape index (κ3) is 4.57. The maximum absolute atomic E-state index is 13.4. The summed E-state index contributed by atoms with van der Waals surface area (Å²) in [4.78, 5) is 21.7. The van der Waals surface area contributed by atoms with Gasteiger partial charge in [-0.3, -0.25) is 9.69 Å². The van der Waals surface area contributed by atoms with Gasteiger partial charge in [-0.25, -0.2) is 17.8 Å². The Bertz CT molecular complexity index is 1040. The molecule has 0 unspecified atom stereocenters. The lowest BCUT2D eigenvalue weighted by molar-refractivity contribution is 0.0239. The number of halogens is 1. The summed E-state index contributed by atoms with van der Waals surface area (Å²) in [6, 6.07) is 4.19. The van der Waals surface area contributed by atoms with Gasteiger partial charge in [0.05, 0.1) is 12.5 Å². The van der Waals surface area contributed by atoms with Gasteiger partial charge in [-0.2, -0.15) is 4.31 Å². The first kappa shape index (κ1) is 22.9. The SMILES string of the molecule is Cc1cc(F)ccc1C(=O)NCC1(N2CCN(S(=O)(=O)c3cnc[nH]3)CC2)CCCCC1. The van der Waals surface area contributed by atoms with Crippen molar-refractivity contribution in [2.24, 2.45) is 0 Å². The number of sulfonamides is 1. The van der Waals surface area contributed by atoms with Crippen LogP contribution < -0.4 is 5.32 Å². The fraction of sp³-hybridized carbons (Fsp3) is 0.545. The van der Waals surface area contributed by atoms with Gasteiger partial charge in [0.15, 0.2) is 5.03 Å². The molecule has 2 aromatic rings. The molecule has 1 saturated heterocycles. The van der Waals surface area contributed by atoms with Crippen molar-refractivity contribution in [3.05, 3.63) is 47.7 Å². The Hall–Kier alpha value is -2.30. The van der Waals surface area contributed by atoms with Gasteiger partial charge in [-0.15, -0.1) is 0 Å². The number of amides is 1. The zero-order chi connectivity index (χ0) is 22.8. The largest absolute Gasteiger partial charge is 0.350 e. The molecule has 8 nitrogen and oxygen atoms in total. The predicted octanol–water partition coefficient (Wildman–Crippen LogP) is 2.30. The van der Waals surface area contributed by atoms with Crippen molar-refractivity contribution in [2.75, 3.05) is 32.7 Å². The van der Waals surface area contributed by atoms with E-state index in [1.807, 2.05) is 0 Å². The summed E-state index contributed by atoms with van der Waals surface area (Å²) in [7, 11) is -3.57. The van der Waals surface area contributed by atoms with E-state index in [9.17, 15) is 17.6 Å². The Kier molecular flexibility index (Phi) is 6.64. The van der Waals surface area contributed by atoms with Crippen LogP contribution in [-0.4, -0.2) is 71.8 Å². The Morgan fingerprint density at radius 1 is 1.19 bits per heavy atom. The second kappa shape index (κ2) is 9.29. The van der Waals surface area contributed by atoms with E-state index in [2.05, 4.69) is 20.2 Å². The number of aromatic nitrogens is 2.